The third kappa shape index (κ3) is 4.22. The zero-order valence-electron chi connectivity index (χ0n) is 17.8. The number of aromatic nitrogens is 2. The summed E-state index contributed by atoms with van der Waals surface area (Å²) in [5.74, 6) is -0.235. The molecule has 3 aromatic carbocycles. The number of H-pyrrole nitrogens is 1. The summed E-state index contributed by atoms with van der Waals surface area (Å²) < 4.78 is 14.9. The highest BCUT2D eigenvalue weighted by atomic mass is 19.1. The van der Waals surface area contributed by atoms with E-state index in [1.807, 2.05) is 67.0 Å². The number of nitrogens with zero attached hydrogens (tertiary/aromatic N) is 2. The van der Waals surface area contributed by atoms with Gasteiger partial charge in [-0.05, 0) is 47.2 Å². The number of halogens is 1. The first kappa shape index (κ1) is 20.6. The normalized spacial score (nSPS) is 16.2. The van der Waals surface area contributed by atoms with Gasteiger partial charge in [0.15, 0.2) is 0 Å². The van der Waals surface area contributed by atoms with Crippen LogP contribution in [-0.4, -0.2) is 39.4 Å². The van der Waals surface area contributed by atoms with Gasteiger partial charge in [-0.15, -0.1) is 0 Å². The first-order valence-electron chi connectivity index (χ1n) is 11.0. The second kappa shape index (κ2) is 9.07. The van der Waals surface area contributed by atoms with Gasteiger partial charge in [-0.2, -0.15) is 5.10 Å². The van der Waals surface area contributed by atoms with Gasteiger partial charge in [0, 0.05) is 30.4 Å². The van der Waals surface area contributed by atoms with E-state index in [9.17, 15) is 9.50 Å². The van der Waals surface area contributed by atoms with Crippen LogP contribution in [0.15, 0.2) is 85.2 Å². The number of piperidine rings is 1. The summed E-state index contributed by atoms with van der Waals surface area (Å²) in [6.07, 6.45) is 4.95. The maximum absolute atomic E-state index is 14.9. The van der Waals surface area contributed by atoms with Crippen molar-refractivity contribution in [2.24, 2.45) is 0 Å². The lowest BCUT2D eigenvalue weighted by molar-refractivity contribution is 0.0688. The monoisotopic (exact) mass is 427 g/mol. The molecular formula is C27H26FN3O. The van der Waals surface area contributed by atoms with Crippen LogP contribution in [0.3, 0.4) is 0 Å². The average Bonchev–Trinajstić information content (AvgIpc) is 3.37. The fourth-order valence-corrected chi connectivity index (χ4v) is 4.58. The fraction of sp³-hybridized carbons (Fsp3) is 0.222. The van der Waals surface area contributed by atoms with E-state index in [-0.39, 0.29) is 18.0 Å². The number of rotatable bonds is 5. The van der Waals surface area contributed by atoms with Crippen molar-refractivity contribution in [3.05, 3.63) is 102 Å². The molecule has 4 aromatic rings. The van der Waals surface area contributed by atoms with Gasteiger partial charge in [0.1, 0.15) is 5.82 Å². The van der Waals surface area contributed by atoms with Crippen LogP contribution in [0.2, 0.25) is 0 Å². The molecule has 1 aliphatic rings. The van der Waals surface area contributed by atoms with Crippen LogP contribution in [0.1, 0.15) is 30.0 Å². The lowest BCUT2D eigenvalue weighted by Crippen LogP contribution is -2.38. The first-order valence-corrected chi connectivity index (χ1v) is 11.0. The van der Waals surface area contributed by atoms with E-state index in [1.165, 1.54) is 0 Å². The van der Waals surface area contributed by atoms with Gasteiger partial charge in [0.05, 0.1) is 18.3 Å². The second-order valence-electron chi connectivity index (χ2n) is 8.38. The van der Waals surface area contributed by atoms with Gasteiger partial charge in [0.25, 0.3) is 0 Å². The smallest absolute Gasteiger partial charge is 0.131 e. The fourth-order valence-electron chi connectivity index (χ4n) is 4.58. The molecule has 0 radical (unpaired) electrons. The van der Waals surface area contributed by atoms with Gasteiger partial charge < -0.3 is 5.11 Å². The molecular weight excluding hydrogens is 401 g/mol. The zero-order valence-corrected chi connectivity index (χ0v) is 17.8. The topological polar surface area (TPSA) is 52.1 Å². The minimum Gasteiger partial charge on any atom is -0.393 e. The van der Waals surface area contributed by atoms with Gasteiger partial charge in [-0.3, -0.25) is 10.00 Å². The summed E-state index contributed by atoms with van der Waals surface area (Å²) in [5.41, 5.74) is 5.75. The molecule has 0 bridgehead atoms. The highest BCUT2D eigenvalue weighted by Gasteiger charge is 2.28. The minimum atomic E-state index is -0.247. The van der Waals surface area contributed by atoms with E-state index in [0.29, 0.717) is 5.56 Å². The Bertz CT molecular complexity index is 1150. The summed E-state index contributed by atoms with van der Waals surface area (Å²) >= 11 is 0. The Morgan fingerprint density at radius 2 is 1.56 bits per heavy atom. The van der Waals surface area contributed by atoms with Gasteiger partial charge in [-0.25, -0.2) is 4.39 Å². The van der Waals surface area contributed by atoms with E-state index in [1.54, 1.807) is 6.07 Å². The molecule has 2 heterocycles. The summed E-state index contributed by atoms with van der Waals surface area (Å²) in [7, 11) is 0. The molecule has 1 saturated heterocycles. The van der Waals surface area contributed by atoms with Gasteiger partial charge in [-0.1, -0.05) is 60.7 Å². The molecule has 0 spiro atoms. The molecule has 162 valence electrons. The highest BCUT2D eigenvalue weighted by molar-refractivity contribution is 5.71. The van der Waals surface area contributed by atoms with Crippen LogP contribution in [0.4, 0.5) is 4.39 Å². The number of hydrogen-bond donors (Lipinski definition) is 2. The zero-order chi connectivity index (χ0) is 21.9. The van der Waals surface area contributed by atoms with Crippen molar-refractivity contribution in [1.29, 1.82) is 0 Å². The predicted molar refractivity (Wildman–Crippen MR) is 125 cm³/mol. The second-order valence-corrected chi connectivity index (χ2v) is 8.38. The maximum atomic E-state index is 14.9. The standard InChI is InChI=1S/C27H26FN3O/c28-26-11-10-22(27(23-17-29-30-18-23)31-14-12-24(32)13-15-31)16-25(26)21-8-6-20(7-9-21)19-4-2-1-3-5-19/h1-11,16-18,24,27,32H,12-15H2,(H,29,30). The van der Waals surface area contributed by atoms with Crippen LogP contribution in [-0.2, 0) is 0 Å². The highest BCUT2D eigenvalue weighted by Crippen LogP contribution is 2.34. The molecule has 5 heteroatoms. The van der Waals surface area contributed by atoms with Crippen LogP contribution in [0, 0.1) is 5.82 Å². The van der Waals surface area contributed by atoms with Crippen LogP contribution in [0.25, 0.3) is 22.3 Å². The number of nitrogens with one attached hydrogen (secondary N) is 1. The minimum absolute atomic E-state index is 0.0378. The van der Waals surface area contributed by atoms with Crippen molar-refractivity contribution in [3.63, 3.8) is 0 Å². The van der Waals surface area contributed by atoms with Crippen molar-refractivity contribution < 1.29 is 9.50 Å². The Labute approximate surface area is 187 Å². The Balaban J connectivity index is 1.49. The summed E-state index contributed by atoms with van der Waals surface area (Å²) in [5, 5.41) is 17.0. The molecule has 2 N–H and O–H groups in total. The van der Waals surface area contributed by atoms with Gasteiger partial charge >= 0.3 is 0 Å². The molecule has 0 saturated carbocycles. The molecule has 1 atom stereocenters. The number of aliphatic hydroxyl groups is 1. The average molecular weight is 428 g/mol. The SMILES string of the molecule is OC1CCN(C(c2cn[nH]c2)c2ccc(F)c(-c3ccc(-c4ccccc4)cc3)c2)CC1. The molecule has 1 unspecified atom stereocenters. The number of hydrogen-bond acceptors (Lipinski definition) is 3. The van der Waals surface area contributed by atoms with Crippen molar-refractivity contribution >= 4 is 0 Å². The van der Waals surface area contributed by atoms with E-state index in [0.717, 1.165) is 53.7 Å². The van der Waals surface area contributed by atoms with Crippen LogP contribution < -0.4 is 0 Å². The third-order valence-electron chi connectivity index (χ3n) is 6.31. The van der Waals surface area contributed by atoms with E-state index >= 15 is 0 Å². The van der Waals surface area contributed by atoms with E-state index in [4.69, 9.17) is 0 Å². The van der Waals surface area contributed by atoms with Crippen molar-refractivity contribution in [2.75, 3.05) is 13.1 Å². The third-order valence-corrected chi connectivity index (χ3v) is 6.31. The van der Waals surface area contributed by atoms with Crippen molar-refractivity contribution in [1.82, 2.24) is 15.1 Å². The lowest BCUT2D eigenvalue weighted by atomic mass is 9.93. The number of likely N-dealkylation sites (tertiary alicyclic amines) is 1. The van der Waals surface area contributed by atoms with Crippen LogP contribution in [0.5, 0.6) is 0 Å². The molecule has 1 fully saturated rings. The first-order chi connectivity index (χ1) is 15.7. The predicted octanol–water partition coefficient (Wildman–Crippen LogP) is 5.43. The number of aliphatic hydroxyl groups excluding tert-OH is 1. The maximum Gasteiger partial charge on any atom is 0.131 e. The number of aromatic amines is 1. The lowest BCUT2D eigenvalue weighted by Gasteiger charge is -2.36. The Morgan fingerprint density at radius 3 is 2.25 bits per heavy atom. The number of benzene rings is 3. The largest absolute Gasteiger partial charge is 0.393 e. The molecule has 1 aliphatic heterocycles. The van der Waals surface area contributed by atoms with E-state index < -0.39 is 0 Å². The summed E-state index contributed by atoms with van der Waals surface area (Å²) in [4.78, 5) is 2.34. The Morgan fingerprint density at radius 1 is 0.875 bits per heavy atom. The van der Waals surface area contributed by atoms with Crippen molar-refractivity contribution in [3.8, 4) is 22.3 Å². The Hall–Kier alpha value is -3.28. The molecule has 0 amide bonds. The molecule has 32 heavy (non-hydrogen) atoms. The molecule has 1 aromatic heterocycles. The molecule has 4 nitrogen and oxygen atoms in total. The Kier molecular flexibility index (Phi) is 5.84. The van der Waals surface area contributed by atoms with Gasteiger partial charge in [0.2, 0.25) is 0 Å². The van der Waals surface area contributed by atoms with Crippen LogP contribution >= 0.6 is 0 Å². The quantitative estimate of drug-likeness (QED) is 0.447. The molecule has 0 aliphatic carbocycles. The van der Waals surface area contributed by atoms with Crippen molar-refractivity contribution in [2.45, 2.75) is 25.0 Å². The summed E-state index contributed by atoms with van der Waals surface area (Å²) in [6.45, 7) is 1.57. The molecule has 5 rings (SSSR count). The van der Waals surface area contributed by atoms with E-state index in [2.05, 4.69) is 27.2 Å². The summed E-state index contributed by atoms with van der Waals surface area (Å²) in [6, 6.07) is 23.5.